The molecular formula is C24H27N7O. The van der Waals surface area contributed by atoms with Gasteiger partial charge in [0.05, 0.1) is 19.0 Å². The van der Waals surface area contributed by atoms with E-state index in [0.717, 1.165) is 54.1 Å². The fourth-order valence-corrected chi connectivity index (χ4v) is 4.21. The number of hydrogen-bond acceptors (Lipinski definition) is 7. The molecule has 0 atom stereocenters. The van der Waals surface area contributed by atoms with Crippen LogP contribution >= 0.6 is 0 Å². The van der Waals surface area contributed by atoms with Crippen LogP contribution in [0.1, 0.15) is 0 Å². The second kappa shape index (κ2) is 8.05. The molecule has 0 amide bonds. The predicted octanol–water partition coefficient (Wildman–Crippen LogP) is 2.99. The number of likely N-dealkylation sites (N-methyl/N-ethyl adjacent to an activating group) is 1. The number of benzene rings is 2. The molecule has 0 bridgehead atoms. The van der Waals surface area contributed by atoms with E-state index in [1.807, 2.05) is 24.4 Å². The van der Waals surface area contributed by atoms with Crippen LogP contribution < -0.4 is 21.1 Å². The van der Waals surface area contributed by atoms with E-state index in [4.69, 9.17) is 21.2 Å². The number of anilines is 3. The molecule has 0 unspecified atom stereocenters. The smallest absolute Gasteiger partial charge is 0.165 e. The van der Waals surface area contributed by atoms with E-state index in [1.54, 1.807) is 17.8 Å². The molecule has 8 heteroatoms. The highest BCUT2D eigenvalue weighted by atomic mass is 16.5. The molecule has 4 aromatic rings. The maximum atomic E-state index is 6.50. The van der Waals surface area contributed by atoms with Gasteiger partial charge in [-0.15, -0.1) is 0 Å². The molecule has 0 spiro atoms. The first-order chi connectivity index (χ1) is 15.5. The highest BCUT2D eigenvalue weighted by molar-refractivity contribution is 5.84. The Morgan fingerprint density at radius 1 is 0.906 bits per heavy atom. The number of aromatic nitrogens is 3. The average molecular weight is 430 g/mol. The van der Waals surface area contributed by atoms with Crippen molar-refractivity contribution in [3.8, 4) is 28.0 Å². The number of piperazine rings is 1. The minimum atomic E-state index is 0.515. The van der Waals surface area contributed by atoms with Crippen molar-refractivity contribution < 1.29 is 4.74 Å². The van der Waals surface area contributed by atoms with E-state index < -0.39 is 0 Å². The number of nitrogens with zero attached hydrogens (tertiary/aromatic N) is 5. The number of hydrogen-bond donors (Lipinski definition) is 2. The lowest BCUT2D eigenvalue weighted by Crippen LogP contribution is -2.44. The standard InChI is InChI=1S/C24H27N7O/c1-29-8-10-30(11-9-29)18-5-3-4-16(12-18)20-15-28-31-23(26)19(14-27-24(20)31)17-6-7-22(32-2)21(25)13-17/h3-7,12-15H,8-11,25-26H2,1-2H3. The molecule has 1 aliphatic heterocycles. The Kier molecular flexibility index (Phi) is 5.07. The van der Waals surface area contributed by atoms with Crippen LogP contribution in [0, 0.1) is 0 Å². The van der Waals surface area contributed by atoms with Crippen LogP contribution in [0.4, 0.5) is 17.2 Å². The third-order valence-corrected chi connectivity index (χ3v) is 6.13. The number of fused-ring (bicyclic) bond motifs is 1. The topological polar surface area (TPSA) is 97.9 Å². The van der Waals surface area contributed by atoms with Crippen LogP contribution in [0.5, 0.6) is 5.75 Å². The average Bonchev–Trinajstić information content (AvgIpc) is 3.25. The Labute approximate surface area is 187 Å². The van der Waals surface area contributed by atoms with Gasteiger partial charge in [-0.2, -0.15) is 9.61 Å². The molecule has 3 heterocycles. The van der Waals surface area contributed by atoms with E-state index in [-0.39, 0.29) is 0 Å². The van der Waals surface area contributed by atoms with Crippen molar-refractivity contribution >= 4 is 22.8 Å². The van der Waals surface area contributed by atoms with Crippen molar-refractivity contribution in [3.63, 3.8) is 0 Å². The number of rotatable bonds is 4. The van der Waals surface area contributed by atoms with Gasteiger partial charge in [0.1, 0.15) is 11.6 Å². The lowest BCUT2D eigenvalue weighted by atomic mass is 10.1. The van der Waals surface area contributed by atoms with Crippen LogP contribution in [0.3, 0.4) is 0 Å². The summed E-state index contributed by atoms with van der Waals surface area (Å²) in [5.74, 6) is 1.14. The van der Waals surface area contributed by atoms with Gasteiger partial charge in [-0.25, -0.2) is 4.98 Å². The Morgan fingerprint density at radius 2 is 1.69 bits per heavy atom. The Morgan fingerprint density at radius 3 is 2.44 bits per heavy atom. The molecule has 1 saturated heterocycles. The molecular weight excluding hydrogens is 402 g/mol. The molecule has 0 aliphatic carbocycles. The van der Waals surface area contributed by atoms with E-state index >= 15 is 0 Å². The minimum Gasteiger partial charge on any atom is -0.495 e. The Hall–Kier alpha value is -3.78. The van der Waals surface area contributed by atoms with Crippen LogP contribution in [0.15, 0.2) is 54.9 Å². The van der Waals surface area contributed by atoms with Crippen LogP contribution in [-0.4, -0.2) is 59.8 Å². The summed E-state index contributed by atoms with van der Waals surface area (Å²) in [4.78, 5) is 9.48. The van der Waals surface area contributed by atoms with Gasteiger partial charge in [-0.1, -0.05) is 18.2 Å². The molecule has 4 N–H and O–H groups in total. The molecule has 1 fully saturated rings. The van der Waals surface area contributed by atoms with Crippen molar-refractivity contribution in [3.05, 3.63) is 54.9 Å². The fourth-order valence-electron chi connectivity index (χ4n) is 4.21. The molecule has 2 aromatic heterocycles. The van der Waals surface area contributed by atoms with Crippen LogP contribution in [0.25, 0.3) is 27.9 Å². The number of ether oxygens (including phenoxy) is 1. The summed E-state index contributed by atoms with van der Waals surface area (Å²) in [5, 5.41) is 4.54. The van der Waals surface area contributed by atoms with E-state index in [9.17, 15) is 0 Å². The number of methoxy groups -OCH3 is 1. The molecule has 1 aliphatic rings. The normalized spacial score (nSPS) is 14.8. The third kappa shape index (κ3) is 3.48. The SMILES string of the molecule is COc1ccc(-c2cnc3c(-c4cccc(N5CCN(C)CC5)c4)cnn3c2N)cc1N. The highest BCUT2D eigenvalue weighted by Gasteiger charge is 2.17. The fraction of sp³-hybridized carbons (Fsp3) is 0.250. The number of nitrogen functional groups attached to an aromatic ring is 2. The van der Waals surface area contributed by atoms with Crippen molar-refractivity contribution in [2.24, 2.45) is 0 Å². The van der Waals surface area contributed by atoms with Gasteiger partial charge in [0.2, 0.25) is 0 Å². The second-order valence-corrected chi connectivity index (χ2v) is 8.15. The second-order valence-electron chi connectivity index (χ2n) is 8.15. The first-order valence-corrected chi connectivity index (χ1v) is 10.6. The molecule has 0 saturated carbocycles. The summed E-state index contributed by atoms with van der Waals surface area (Å²) < 4.78 is 6.94. The van der Waals surface area contributed by atoms with Gasteiger partial charge in [-0.3, -0.25) is 0 Å². The molecule has 0 radical (unpaired) electrons. The molecule has 2 aromatic carbocycles. The van der Waals surface area contributed by atoms with E-state index in [2.05, 4.69) is 46.2 Å². The van der Waals surface area contributed by atoms with Crippen molar-refractivity contribution in [2.75, 3.05) is 56.7 Å². The Balaban J connectivity index is 1.51. The quantitative estimate of drug-likeness (QED) is 0.481. The zero-order valence-electron chi connectivity index (χ0n) is 18.3. The van der Waals surface area contributed by atoms with Gasteiger partial charge in [-0.05, 0) is 42.4 Å². The summed E-state index contributed by atoms with van der Waals surface area (Å²) in [6, 6.07) is 14.1. The van der Waals surface area contributed by atoms with Gasteiger partial charge >= 0.3 is 0 Å². The number of nitrogens with two attached hydrogens (primary N) is 2. The summed E-state index contributed by atoms with van der Waals surface area (Å²) in [5.41, 5.74) is 18.7. The zero-order chi connectivity index (χ0) is 22.2. The monoisotopic (exact) mass is 429 g/mol. The highest BCUT2D eigenvalue weighted by Crippen LogP contribution is 2.34. The molecule has 5 rings (SSSR count). The van der Waals surface area contributed by atoms with E-state index in [1.165, 1.54) is 5.69 Å². The zero-order valence-corrected chi connectivity index (χ0v) is 18.3. The summed E-state index contributed by atoms with van der Waals surface area (Å²) in [6.45, 7) is 4.18. The largest absolute Gasteiger partial charge is 0.495 e. The van der Waals surface area contributed by atoms with Crippen LogP contribution in [0.2, 0.25) is 0 Å². The van der Waals surface area contributed by atoms with Crippen molar-refractivity contribution in [1.29, 1.82) is 0 Å². The first kappa shape index (κ1) is 20.1. The van der Waals surface area contributed by atoms with Gasteiger partial charge in [0.25, 0.3) is 0 Å². The molecule has 32 heavy (non-hydrogen) atoms. The van der Waals surface area contributed by atoms with Crippen LogP contribution in [-0.2, 0) is 0 Å². The van der Waals surface area contributed by atoms with Crippen molar-refractivity contribution in [2.45, 2.75) is 0 Å². The van der Waals surface area contributed by atoms with Gasteiger partial charge in [0, 0.05) is 49.2 Å². The lowest BCUT2D eigenvalue weighted by Gasteiger charge is -2.34. The van der Waals surface area contributed by atoms with Gasteiger partial charge < -0.3 is 26.0 Å². The third-order valence-electron chi connectivity index (χ3n) is 6.13. The first-order valence-electron chi connectivity index (χ1n) is 10.6. The maximum Gasteiger partial charge on any atom is 0.165 e. The molecule has 164 valence electrons. The Bertz CT molecular complexity index is 1270. The predicted molar refractivity (Wildman–Crippen MR) is 129 cm³/mol. The van der Waals surface area contributed by atoms with E-state index in [0.29, 0.717) is 17.3 Å². The van der Waals surface area contributed by atoms with Crippen molar-refractivity contribution in [1.82, 2.24) is 19.5 Å². The maximum absolute atomic E-state index is 6.50. The lowest BCUT2D eigenvalue weighted by molar-refractivity contribution is 0.313. The van der Waals surface area contributed by atoms with Gasteiger partial charge in [0.15, 0.2) is 5.65 Å². The summed E-state index contributed by atoms with van der Waals surface area (Å²) in [6.07, 6.45) is 3.61. The molecule has 8 nitrogen and oxygen atoms in total. The summed E-state index contributed by atoms with van der Waals surface area (Å²) in [7, 11) is 3.76. The minimum absolute atomic E-state index is 0.515. The summed E-state index contributed by atoms with van der Waals surface area (Å²) >= 11 is 0.